The number of methoxy groups -OCH3 is 1. The number of amidine groups is 1. The molecule has 0 radical (unpaired) electrons. The van der Waals surface area contributed by atoms with Crippen molar-refractivity contribution in [3.63, 3.8) is 0 Å². The standard InChI is InChI=1S/C13H16ClN3O2S/c1-8(20-13-15-5-6-16-13)12(18)17-9-3-4-11(19-2)10(14)7-9/h3-4,7-8H,5-6H2,1-2H3,(H,15,16)(H,17,18)/t8-/m1/s1. The number of nitrogens with zero attached hydrogens (tertiary/aromatic N) is 1. The third-order valence-corrected chi connectivity index (χ3v) is 4.08. The molecule has 1 amide bonds. The molecule has 20 heavy (non-hydrogen) atoms. The molecule has 1 aromatic carbocycles. The normalized spacial score (nSPS) is 15.2. The van der Waals surface area contributed by atoms with Crippen molar-refractivity contribution in [1.29, 1.82) is 0 Å². The maximum Gasteiger partial charge on any atom is 0.237 e. The molecule has 2 N–H and O–H groups in total. The molecule has 108 valence electrons. The third-order valence-electron chi connectivity index (χ3n) is 2.72. The summed E-state index contributed by atoms with van der Waals surface area (Å²) in [5.74, 6) is 0.490. The molecule has 0 aromatic heterocycles. The van der Waals surface area contributed by atoms with E-state index in [0.717, 1.165) is 18.3 Å². The summed E-state index contributed by atoms with van der Waals surface area (Å²) in [4.78, 5) is 16.3. The van der Waals surface area contributed by atoms with Crippen molar-refractivity contribution in [2.45, 2.75) is 12.2 Å². The Hall–Kier alpha value is -1.40. The van der Waals surface area contributed by atoms with Gasteiger partial charge in [0.1, 0.15) is 5.75 Å². The largest absolute Gasteiger partial charge is 0.495 e. The Balaban J connectivity index is 1.94. The van der Waals surface area contributed by atoms with Gasteiger partial charge in [-0.1, -0.05) is 23.4 Å². The Bertz CT molecular complexity index is 536. The number of nitrogens with one attached hydrogen (secondary N) is 2. The van der Waals surface area contributed by atoms with Gasteiger partial charge in [-0.05, 0) is 25.1 Å². The third kappa shape index (κ3) is 3.80. The molecule has 1 atom stereocenters. The van der Waals surface area contributed by atoms with Crippen LogP contribution in [0.4, 0.5) is 5.69 Å². The SMILES string of the molecule is COc1ccc(NC(=O)[C@@H](C)SC2=NCCN2)cc1Cl. The highest BCUT2D eigenvalue weighted by Crippen LogP contribution is 2.27. The van der Waals surface area contributed by atoms with E-state index in [0.29, 0.717) is 16.5 Å². The lowest BCUT2D eigenvalue weighted by Gasteiger charge is -2.12. The van der Waals surface area contributed by atoms with E-state index in [9.17, 15) is 4.79 Å². The van der Waals surface area contributed by atoms with E-state index in [2.05, 4.69) is 15.6 Å². The zero-order chi connectivity index (χ0) is 14.5. The average Bonchev–Trinajstić information content (AvgIpc) is 2.91. The summed E-state index contributed by atoms with van der Waals surface area (Å²) in [5, 5.41) is 7.00. The van der Waals surface area contributed by atoms with Crippen LogP contribution < -0.4 is 15.4 Å². The number of benzene rings is 1. The van der Waals surface area contributed by atoms with E-state index in [1.807, 2.05) is 6.92 Å². The average molecular weight is 314 g/mol. The Morgan fingerprint density at radius 3 is 3.00 bits per heavy atom. The number of ether oxygens (including phenoxy) is 1. The lowest BCUT2D eigenvalue weighted by atomic mass is 10.3. The van der Waals surface area contributed by atoms with Crippen LogP contribution in [-0.2, 0) is 4.79 Å². The van der Waals surface area contributed by atoms with Gasteiger partial charge in [-0.25, -0.2) is 0 Å². The Kier molecular flexibility index (Phi) is 5.14. The molecule has 1 aromatic rings. The van der Waals surface area contributed by atoms with Crippen LogP contribution in [0.25, 0.3) is 0 Å². The van der Waals surface area contributed by atoms with Crippen molar-refractivity contribution in [2.75, 3.05) is 25.5 Å². The lowest BCUT2D eigenvalue weighted by Crippen LogP contribution is -2.26. The van der Waals surface area contributed by atoms with Crippen LogP contribution in [0.1, 0.15) is 6.92 Å². The molecule has 0 saturated carbocycles. The number of hydrogen-bond acceptors (Lipinski definition) is 5. The van der Waals surface area contributed by atoms with Crippen LogP contribution in [0.5, 0.6) is 5.75 Å². The molecule has 0 bridgehead atoms. The number of thioether (sulfide) groups is 1. The van der Waals surface area contributed by atoms with Gasteiger partial charge in [-0.3, -0.25) is 9.79 Å². The topological polar surface area (TPSA) is 62.7 Å². The lowest BCUT2D eigenvalue weighted by molar-refractivity contribution is -0.115. The van der Waals surface area contributed by atoms with Crippen molar-refractivity contribution in [2.24, 2.45) is 4.99 Å². The van der Waals surface area contributed by atoms with Crippen LogP contribution in [0.15, 0.2) is 23.2 Å². The fourth-order valence-electron chi connectivity index (χ4n) is 1.66. The molecule has 0 aliphatic carbocycles. The molecule has 2 rings (SSSR count). The summed E-state index contributed by atoms with van der Waals surface area (Å²) in [6.45, 7) is 3.45. The number of rotatable bonds is 4. The molecule has 1 aliphatic rings. The van der Waals surface area contributed by atoms with Gasteiger partial charge in [0, 0.05) is 12.2 Å². The van der Waals surface area contributed by atoms with Crippen molar-refractivity contribution in [3.8, 4) is 5.75 Å². The van der Waals surface area contributed by atoms with Crippen LogP contribution in [0.3, 0.4) is 0 Å². The van der Waals surface area contributed by atoms with Gasteiger partial charge in [0.2, 0.25) is 5.91 Å². The summed E-state index contributed by atoms with van der Waals surface area (Å²) in [7, 11) is 1.55. The summed E-state index contributed by atoms with van der Waals surface area (Å²) >= 11 is 7.43. The van der Waals surface area contributed by atoms with Gasteiger partial charge in [0.15, 0.2) is 5.17 Å². The summed E-state index contributed by atoms with van der Waals surface area (Å²) in [6.07, 6.45) is 0. The molecule has 0 spiro atoms. The van der Waals surface area contributed by atoms with E-state index in [1.54, 1.807) is 25.3 Å². The zero-order valence-corrected chi connectivity index (χ0v) is 12.8. The smallest absolute Gasteiger partial charge is 0.237 e. The minimum absolute atomic E-state index is 0.0902. The van der Waals surface area contributed by atoms with Crippen molar-refractivity contribution < 1.29 is 9.53 Å². The van der Waals surface area contributed by atoms with Gasteiger partial charge in [-0.2, -0.15) is 0 Å². The summed E-state index contributed by atoms with van der Waals surface area (Å²) in [6, 6.07) is 5.14. The monoisotopic (exact) mass is 313 g/mol. The number of halogens is 1. The zero-order valence-electron chi connectivity index (χ0n) is 11.3. The predicted octanol–water partition coefficient (Wildman–Crippen LogP) is 2.37. The molecule has 5 nitrogen and oxygen atoms in total. The quantitative estimate of drug-likeness (QED) is 0.896. The van der Waals surface area contributed by atoms with Gasteiger partial charge < -0.3 is 15.4 Å². The van der Waals surface area contributed by atoms with Gasteiger partial charge in [0.05, 0.1) is 23.9 Å². The number of carbonyl (C=O) groups is 1. The van der Waals surface area contributed by atoms with Gasteiger partial charge in [-0.15, -0.1) is 0 Å². The van der Waals surface area contributed by atoms with Crippen LogP contribution in [-0.4, -0.2) is 36.5 Å². The molecule has 1 aliphatic heterocycles. The highest BCUT2D eigenvalue weighted by atomic mass is 35.5. The van der Waals surface area contributed by atoms with E-state index >= 15 is 0 Å². The number of hydrogen-bond donors (Lipinski definition) is 2. The van der Waals surface area contributed by atoms with E-state index < -0.39 is 0 Å². The van der Waals surface area contributed by atoms with Gasteiger partial charge >= 0.3 is 0 Å². The van der Waals surface area contributed by atoms with Crippen LogP contribution >= 0.6 is 23.4 Å². The number of amides is 1. The van der Waals surface area contributed by atoms with Crippen LogP contribution in [0, 0.1) is 0 Å². The Morgan fingerprint density at radius 2 is 2.40 bits per heavy atom. The highest BCUT2D eigenvalue weighted by molar-refractivity contribution is 8.14. The van der Waals surface area contributed by atoms with E-state index in [-0.39, 0.29) is 11.2 Å². The molecule has 0 saturated heterocycles. The molecule has 0 fully saturated rings. The second-order valence-corrected chi connectivity index (χ2v) is 5.95. The van der Waals surface area contributed by atoms with E-state index in [1.165, 1.54) is 11.8 Å². The molecular formula is C13H16ClN3O2S. The van der Waals surface area contributed by atoms with Gasteiger partial charge in [0.25, 0.3) is 0 Å². The Morgan fingerprint density at radius 1 is 1.60 bits per heavy atom. The molecule has 0 unspecified atom stereocenters. The fourth-order valence-corrected chi connectivity index (χ4v) is 2.77. The first-order valence-electron chi connectivity index (χ1n) is 6.19. The molecular weight excluding hydrogens is 298 g/mol. The van der Waals surface area contributed by atoms with Crippen molar-refractivity contribution in [1.82, 2.24) is 5.32 Å². The number of aliphatic imine (C=N–C) groups is 1. The fraction of sp³-hybridized carbons (Fsp3) is 0.385. The highest BCUT2D eigenvalue weighted by Gasteiger charge is 2.18. The first-order chi connectivity index (χ1) is 9.60. The second kappa shape index (κ2) is 6.85. The van der Waals surface area contributed by atoms with Crippen molar-refractivity contribution in [3.05, 3.63) is 23.2 Å². The maximum atomic E-state index is 12.1. The first kappa shape index (κ1) is 15.0. The first-order valence-corrected chi connectivity index (χ1v) is 7.45. The summed E-state index contributed by atoms with van der Waals surface area (Å²) < 4.78 is 5.07. The minimum Gasteiger partial charge on any atom is -0.495 e. The van der Waals surface area contributed by atoms with E-state index in [4.69, 9.17) is 16.3 Å². The summed E-state index contributed by atoms with van der Waals surface area (Å²) in [5.41, 5.74) is 0.648. The van der Waals surface area contributed by atoms with Crippen molar-refractivity contribution >= 4 is 40.1 Å². The molecule has 1 heterocycles. The predicted molar refractivity (Wildman–Crippen MR) is 84.0 cm³/mol. The second-order valence-electron chi connectivity index (χ2n) is 4.21. The number of carbonyl (C=O) groups excluding carboxylic acids is 1. The Labute approximate surface area is 127 Å². The minimum atomic E-state index is -0.236. The maximum absolute atomic E-state index is 12.1. The van der Waals surface area contributed by atoms with Crippen LogP contribution in [0.2, 0.25) is 5.02 Å². The number of anilines is 1. The molecule has 7 heteroatoms.